The monoisotopic (exact) mass is 462 g/mol. The smallest absolute Gasteiger partial charge is 0.416 e. The Hall–Kier alpha value is -2.02. The van der Waals surface area contributed by atoms with Gasteiger partial charge in [-0.15, -0.1) is 0 Å². The van der Waals surface area contributed by atoms with E-state index in [2.05, 4.69) is 18.4 Å². The van der Waals surface area contributed by atoms with Crippen LogP contribution in [0.1, 0.15) is 44.6 Å². The highest BCUT2D eigenvalue weighted by molar-refractivity contribution is 5.75. The van der Waals surface area contributed by atoms with E-state index < -0.39 is 11.7 Å². The zero-order valence-electron chi connectivity index (χ0n) is 19.2. The number of hydrogen-bond acceptors (Lipinski definition) is 4. The van der Waals surface area contributed by atoms with Gasteiger partial charge >= 0.3 is 12.1 Å². The first-order valence-corrected chi connectivity index (χ1v) is 12.2. The van der Waals surface area contributed by atoms with E-state index in [-0.39, 0.29) is 29.3 Å². The van der Waals surface area contributed by atoms with Gasteiger partial charge in [-0.05, 0) is 61.6 Å². The highest BCUT2D eigenvalue weighted by atomic mass is 19.4. The number of carbonyl (C=O) groups is 1. The summed E-state index contributed by atoms with van der Waals surface area (Å²) in [5.74, 6) is 0.529. The number of rotatable bonds is 3. The predicted octanol–water partition coefficient (Wildman–Crippen LogP) is 5.14. The van der Waals surface area contributed by atoms with E-state index in [0.717, 1.165) is 38.4 Å². The SMILES string of the molecule is C=C1CCC[C@]2(C)C[C@H]3OC(=O)[C@H](CN4CCN(c5cccc(C(F)(F)F)c5)CC4)[C@H]3C[C@H]12. The van der Waals surface area contributed by atoms with Gasteiger partial charge in [0.25, 0.3) is 0 Å². The highest BCUT2D eigenvalue weighted by Crippen LogP contribution is 2.57. The van der Waals surface area contributed by atoms with Gasteiger partial charge < -0.3 is 9.64 Å². The van der Waals surface area contributed by atoms with Crippen LogP contribution in [0.2, 0.25) is 0 Å². The Bertz CT molecular complexity index is 924. The zero-order valence-corrected chi connectivity index (χ0v) is 19.2. The molecule has 2 aliphatic carbocycles. The van der Waals surface area contributed by atoms with E-state index in [4.69, 9.17) is 4.74 Å². The summed E-state index contributed by atoms with van der Waals surface area (Å²) >= 11 is 0. The Balaban J connectivity index is 1.21. The van der Waals surface area contributed by atoms with Crippen LogP contribution in [0.4, 0.5) is 18.9 Å². The number of allylic oxidation sites excluding steroid dienone is 1. The summed E-state index contributed by atoms with van der Waals surface area (Å²) < 4.78 is 45.1. The molecule has 4 aliphatic rings. The fraction of sp³-hybridized carbons (Fsp3) is 0.654. The van der Waals surface area contributed by atoms with Gasteiger partial charge in [0.1, 0.15) is 6.10 Å². The van der Waals surface area contributed by atoms with Crippen molar-refractivity contribution in [3.05, 3.63) is 42.0 Å². The Morgan fingerprint density at radius 1 is 1.21 bits per heavy atom. The molecule has 1 aromatic carbocycles. The van der Waals surface area contributed by atoms with Crippen molar-refractivity contribution in [2.24, 2.45) is 23.2 Å². The largest absolute Gasteiger partial charge is 0.462 e. The number of esters is 1. The molecule has 0 bridgehead atoms. The van der Waals surface area contributed by atoms with Crippen LogP contribution in [0.25, 0.3) is 0 Å². The average molecular weight is 463 g/mol. The van der Waals surface area contributed by atoms with Crippen LogP contribution < -0.4 is 4.90 Å². The van der Waals surface area contributed by atoms with Crippen LogP contribution >= 0.6 is 0 Å². The molecule has 2 saturated carbocycles. The van der Waals surface area contributed by atoms with Crippen LogP contribution in [-0.2, 0) is 15.7 Å². The zero-order chi connectivity index (χ0) is 23.4. The minimum Gasteiger partial charge on any atom is -0.462 e. The first-order valence-electron chi connectivity index (χ1n) is 12.2. The fourth-order valence-corrected chi connectivity index (χ4v) is 6.81. The second-order valence-corrected chi connectivity index (χ2v) is 10.7. The maximum Gasteiger partial charge on any atom is 0.416 e. The number of carbonyl (C=O) groups excluding carboxylic acids is 1. The molecule has 7 heteroatoms. The Morgan fingerprint density at radius 2 is 1.97 bits per heavy atom. The minimum atomic E-state index is -4.34. The maximum atomic E-state index is 13.1. The van der Waals surface area contributed by atoms with E-state index >= 15 is 0 Å². The van der Waals surface area contributed by atoms with Crippen molar-refractivity contribution in [1.82, 2.24) is 4.90 Å². The Labute approximate surface area is 193 Å². The fourth-order valence-electron chi connectivity index (χ4n) is 6.81. The molecule has 4 fully saturated rings. The second kappa shape index (κ2) is 8.33. The van der Waals surface area contributed by atoms with Crippen LogP contribution in [-0.4, -0.2) is 49.7 Å². The number of alkyl halides is 3. The van der Waals surface area contributed by atoms with Gasteiger partial charge in [0, 0.05) is 44.3 Å². The molecule has 0 aromatic heterocycles. The summed E-state index contributed by atoms with van der Waals surface area (Å²) in [6.07, 6.45) is 1.05. The van der Waals surface area contributed by atoms with Crippen molar-refractivity contribution in [2.45, 2.75) is 51.3 Å². The molecule has 0 radical (unpaired) electrons. The second-order valence-electron chi connectivity index (χ2n) is 10.7. The van der Waals surface area contributed by atoms with E-state index in [9.17, 15) is 18.0 Å². The lowest BCUT2D eigenvalue weighted by Crippen LogP contribution is -2.50. The lowest BCUT2D eigenvalue weighted by atomic mass is 9.55. The summed E-state index contributed by atoms with van der Waals surface area (Å²) in [4.78, 5) is 17.1. The van der Waals surface area contributed by atoms with Crippen molar-refractivity contribution in [1.29, 1.82) is 0 Å². The van der Waals surface area contributed by atoms with E-state index in [1.165, 1.54) is 30.5 Å². The number of benzene rings is 1. The summed E-state index contributed by atoms with van der Waals surface area (Å²) in [5, 5.41) is 0. The molecule has 2 heterocycles. The van der Waals surface area contributed by atoms with Crippen molar-refractivity contribution in [3.8, 4) is 0 Å². The molecule has 1 aromatic rings. The van der Waals surface area contributed by atoms with Crippen LogP contribution in [0, 0.1) is 23.2 Å². The number of hydrogen-bond donors (Lipinski definition) is 0. The van der Waals surface area contributed by atoms with Crippen molar-refractivity contribution < 1.29 is 22.7 Å². The Kier molecular flexibility index (Phi) is 5.74. The molecule has 33 heavy (non-hydrogen) atoms. The third-order valence-corrected chi connectivity index (χ3v) is 8.69. The first kappa shape index (κ1) is 22.8. The number of anilines is 1. The molecule has 0 spiro atoms. The van der Waals surface area contributed by atoms with E-state index in [0.29, 0.717) is 31.2 Å². The van der Waals surface area contributed by atoms with Gasteiger partial charge in [-0.3, -0.25) is 9.69 Å². The summed E-state index contributed by atoms with van der Waals surface area (Å²) in [6.45, 7) is 10.1. The average Bonchev–Trinajstić information content (AvgIpc) is 3.06. The molecule has 2 saturated heterocycles. The number of nitrogens with zero attached hydrogens (tertiary/aromatic N) is 2. The van der Waals surface area contributed by atoms with Gasteiger partial charge in [-0.1, -0.05) is 25.1 Å². The summed E-state index contributed by atoms with van der Waals surface area (Å²) in [5.41, 5.74) is 1.53. The van der Waals surface area contributed by atoms with Crippen LogP contribution in [0.15, 0.2) is 36.4 Å². The molecule has 4 nitrogen and oxygen atoms in total. The molecule has 5 rings (SSSR count). The highest BCUT2D eigenvalue weighted by Gasteiger charge is 2.55. The Morgan fingerprint density at radius 3 is 2.70 bits per heavy atom. The third kappa shape index (κ3) is 4.29. The van der Waals surface area contributed by atoms with E-state index in [1.54, 1.807) is 6.07 Å². The lowest BCUT2D eigenvalue weighted by Gasteiger charge is -2.50. The summed E-state index contributed by atoms with van der Waals surface area (Å²) in [7, 11) is 0. The topological polar surface area (TPSA) is 32.8 Å². The number of halogens is 3. The van der Waals surface area contributed by atoms with Gasteiger partial charge in [0.2, 0.25) is 0 Å². The predicted molar refractivity (Wildman–Crippen MR) is 121 cm³/mol. The van der Waals surface area contributed by atoms with Crippen molar-refractivity contribution in [2.75, 3.05) is 37.6 Å². The number of fused-ring (bicyclic) bond motifs is 2. The molecule has 5 atom stereocenters. The van der Waals surface area contributed by atoms with Gasteiger partial charge in [-0.2, -0.15) is 13.2 Å². The molecule has 180 valence electrons. The molecule has 0 N–H and O–H groups in total. The minimum absolute atomic E-state index is 0.0149. The first-order chi connectivity index (χ1) is 15.6. The van der Waals surface area contributed by atoms with Gasteiger partial charge in [-0.25, -0.2) is 0 Å². The molecular weight excluding hydrogens is 429 g/mol. The standard InChI is InChI=1S/C26H33F3N2O2/c1-17-5-4-8-25(2)15-23-20(14-22(17)25)21(24(32)33-23)16-30-9-11-31(12-10-30)19-7-3-6-18(13-19)26(27,28)29/h3,6-7,13,20-23H,1,4-5,8-12,14-16H2,2H3/t20-,21-,22-,23-,25-/m1/s1. The molecule has 0 amide bonds. The molecular formula is C26H33F3N2O2. The normalized spacial score (nSPS) is 35.2. The lowest BCUT2D eigenvalue weighted by molar-refractivity contribution is -0.146. The van der Waals surface area contributed by atoms with Crippen molar-refractivity contribution in [3.63, 3.8) is 0 Å². The maximum absolute atomic E-state index is 13.1. The molecule has 2 aliphatic heterocycles. The molecule has 0 unspecified atom stereocenters. The van der Waals surface area contributed by atoms with Gasteiger partial charge in [0.15, 0.2) is 0 Å². The summed E-state index contributed by atoms with van der Waals surface area (Å²) in [6, 6.07) is 5.54. The van der Waals surface area contributed by atoms with E-state index in [1.807, 2.05) is 4.90 Å². The number of ether oxygens (including phenoxy) is 1. The van der Waals surface area contributed by atoms with Crippen molar-refractivity contribution >= 4 is 11.7 Å². The van der Waals surface area contributed by atoms with Crippen LogP contribution in [0.3, 0.4) is 0 Å². The van der Waals surface area contributed by atoms with Crippen LogP contribution in [0.5, 0.6) is 0 Å². The third-order valence-electron chi connectivity index (χ3n) is 8.69. The quantitative estimate of drug-likeness (QED) is 0.460. The van der Waals surface area contributed by atoms with Gasteiger partial charge in [0.05, 0.1) is 11.5 Å². The number of piperazine rings is 1.